The van der Waals surface area contributed by atoms with Gasteiger partial charge < -0.3 is 10.1 Å². The number of hydrogen-bond donors (Lipinski definition) is 1. The molecule has 8 nitrogen and oxygen atoms in total. The molecular formula is C18H30N4O4S. The molecule has 2 aliphatic rings. The van der Waals surface area contributed by atoms with E-state index in [0.717, 1.165) is 19.3 Å². The van der Waals surface area contributed by atoms with E-state index in [9.17, 15) is 13.2 Å². The van der Waals surface area contributed by atoms with Gasteiger partial charge in [0.1, 0.15) is 11.4 Å². The summed E-state index contributed by atoms with van der Waals surface area (Å²) in [4.78, 5) is 12.7. The third-order valence-electron chi connectivity index (χ3n) is 5.63. The molecule has 27 heavy (non-hydrogen) atoms. The molecule has 2 fully saturated rings. The molecule has 1 aromatic rings. The summed E-state index contributed by atoms with van der Waals surface area (Å²) in [6.07, 6.45) is 4.48. The van der Waals surface area contributed by atoms with Gasteiger partial charge in [0.2, 0.25) is 15.9 Å². The molecular weight excluding hydrogens is 368 g/mol. The Morgan fingerprint density at radius 3 is 2.56 bits per heavy atom. The number of ether oxygens (including phenoxy) is 1. The maximum Gasteiger partial charge on any atom is 0.246 e. The number of amides is 1. The predicted octanol–water partition coefficient (Wildman–Crippen LogP) is 1.22. The highest BCUT2D eigenvalue weighted by molar-refractivity contribution is 7.89. The summed E-state index contributed by atoms with van der Waals surface area (Å²) in [5, 5.41) is 7.44. The number of aromatic nitrogens is 2. The lowest BCUT2D eigenvalue weighted by atomic mass is 9.86. The number of carbonyl (C=O) groups is 1. The number of aryl methyl sites for hydroxylation is 1. The number of nitrogens with zero attached hydrogens (tertiary/aromatic N) is 3. The molecule has 0 bridgehead atoms. The second kappa shape index (κ2) is 8.28. The third-order valence-corrected chi connectivity index (χ3v) is 7.79. The van der Waals surface area contributed by atoms with E-state index < -0.39 is 10.0 Å². The molecule has 1 saturated heterocycles. The van der Waals surface area contributed by atoms with Crippen LogP contribution in [0.1, 0.15) is 44.0 Å². The van der Waals surface area contributed by atoms with Crippen LogP contribution in [0.25, 0.3) is 0 Å². The first kappa shape index (κ1) is 20.3. The van der Waals surface area contributed by atoms with Crippen LogP contribution in [0.2, 0.25) is 0 Å². The van der Waals surface area contributed by atoms with Gasteiger partial charge in [-0.25, -0.2) is 8.42 Å². The fraction of sp³-hybridized carbons (Fsp3) is 0.778. The molecule has 152 valence electrons. The highest BCUT2D eigenvalue weighted by Crippen LogP contribution is 2.25. The van der Waals surface area contributed by atoms with E-state index in [1.807, 2.05) is 0 Å². The Labute approximate surface area is 161 Å². The van der Waals surface area contributed by atoms with Gasteiger partial charge in [-0.1, -0.05) is 19.8 Å². The maximum atomic E-state index is 13.0. The minimum absolute atomic E-state index is 0.0362. The fourth-order valence-corrected chi connectivity index (χ4v) is 5.82. The number of hydrogen-bond acceptors (Lipinski definition) is 5. The Morgan fingerprint density at radius 1 is 1.22 bits per heavy atom. The van der Waals surface area contributed by atoms with Crippen LogP contribution in [0, 0.1) is 19.8 Å². The van der Waals surface area contributed by atoms with Crippen LogP contribution in [-0.4, -0.2) is 60.8 Å². The van der Waals surface area contributed by atoms with E-state index >= 15 is 0 Å². The van der Waals surface area contributed by atoms with Crippen molar-refractivity contribution in [2.75, 3.05) is 26.3 Å². The van der Waals surface area contributed by atoms with Crippen LogP contribution in [0.3, 0.4) is 0 Å². The molecule has 1 saturated carbocycles. The number of nitrogens with one attached hydrogen (secondary N) is 1. The molecule has 0 spiro atoms. The standard InChI is InChI=1S/C18H30N4O4S/c1-13-6-4-5-7-16(13)19-17(23)12-22-15(3)18(14(2)20-22)27(24,25)21-8-10-26-11-9-21/h13,16H,4-12H2,1-3H3,(H,19,23)/t13-,16+/m1/s1. The highest BCUT2D eigenvalue weighted by Gasteiger charge is 2.32. The topological polar surface area (TPSA) is 93.5 Å². The third kappa shape index (κ3) is 4.35. The SMILES string of the molecule is Cc1nn(CC(=O)N[C@H]2CCCC[C@H]2C)c(C)c1S(=O)(=O)N1CCOCC1. The lowest BCUT2D eigenvalue weighted by Crippen LogP contribution is -2.42. The van der Waals surface area contributed by atoms with Gasteiger partial charge in [-0.15, -0.1) is 0 Å². The van der Waals surface area contributed by atoms with Crippen molar-refractivity contribution >= 4 is 15.9 Å². The molecule has 9 heteroatoms. The fourth-order valence-electron chi connectivity index (χ4n) is 4.04. The van der Waals surface area contributed by atoms with E-state index in [0.29, 0.717) is 43.6 Å². The number of morpholine rings is 1. The van der Waals surface area contributed by atoms with Crippen molar-refractivity contribution in [3.63, 3.8) is 0 Å². The molecule has 0 aromatic carbocycles. The molecule has 3 rings (SSSR count). The summed E-state index contributed by atoms with van der Waals surface area (Å²) < 4.78 is 34.2. The Kier molecular flexibility index (Phi) is 6.22. The minimum Gasteiger partial charge on any atom is -0.379 e. The average Bonchev–Trinajstić information content (AvgIpc) is 2.91. The quantitative estimate of drug-likeness (QED) is 0.805. The lowest BCUT2D eigenvalue weighted by molar-refractivity contribution is -0.123. The van der Waals surface area contributed by atoms with Gasteiger partial charge in [0.05, 0.1) is 24.6 Å². The molecule has 1 N–H and O–H groups in total. The van der Waals surface area contributed by atoms with Crippen LogP contribution in [0.5, 0.6) is 0 Å². The smallest absolute Gasteiger partial charge is 0.246 e. The van der Waals surface area contributed by atoms with Gasteiger partial charge in [0.25, 0.3) is 0 Å². The second-order valence-corrected chi connectivity index (χ2v) is 9.48. The molecule has 2 atom stereocenters. The van der Waals surface area contributed by atoms with Gasteiger partial charge in [0, 0.05) is 19.1 Å². The second-order valence-electron chi connectivity index (χ2n) is 7.61. The van der Waals surface area contributed by atoms with E-state index in [2.05, 4.69) is 17.3 Å². The molecule has 1 aliphatic heterocycles. The van der Waals surface area contributed by atoms with Gasteiger partial charge in [0.15, 0.2) is 0 Å². The van der Waals surface area contributed by atoms with Gasteiger partial charge >= 0.3 is 0 Å². The Morgan fingerprint density at radius 2 is 1.89 bits per heavy atom. The van der Waals surface area contributed by atoms with Gasteiger partial charge in [-0.2, -0.15) is 9.40 Å². The molecule has 2 heterocycles. The zero-order valence-electron chi connectivity index (χ0n) is 16.4. The van der Waals surface area contributed by atoms with E-state index in [1.54, 1.807) is 13.8 Å². The maximum absolute atomic E-state index is 13.0. The van der Waals surface area contributed by atoms with Crippen LogP contribution < -0.4 is 5.32 Å². The summed E-state index contributed by atoms with van der Waals surface area (Å²) in [6.45, 7) is 7.07. The molecule has 1 amide bonds. The van der Waals surface area contributed by atoms with E-state index in [-0.39, 0.29) is 23.4 Å². The van der Waals surface area contributed by atoms with Crippen LogP contribution in [0.15, 0.2) is 4.90 Å². The zero-order valence-corrected chi connectivity index (χ0v) is 17.2. The van der Waals surface area contributed by atoms with Gasteiger partial charge in [-0.05, 0) is 32.6 Å². The minimum atomic E-state index is -3.64. The van der Waals surface area contributed by atoms with Crippen molar-refractivity contribution in [1.82, 2.24) is 19.4 Å². The monoisotopic (exact) mass is 398 g/mol. The van der Waals surface area contributed by atoms with Crippen molar-refractivity contribution < 1.29 is 17.9 Å². The summed E-state index contributed by atoms with van der Waals surface area (Å²) in [5.41, 5.74) is 0.934. The normalized spacial score (nSPS) is 24.7. The summed E-state index contributed by atoms with van der Waals surface area (Å²) in [6, 6.07) is 0.194. The van der Waals surface area contributed by atoms with Crippen molar-refractivity contribution in [2.24, 2.45) is 5.92 Å². The lowest BCUT2D eigenvalue weighted by Gasteiger charge is -2.29. The first-order valence-corrected chi connectivity index (χ1v) is 11.2. The van der Waals surface area contributed by atoms with E-state index in [4.69, 9.17) is 4.74 Å². The molecule has 0 unspecified atom stereocenters. The number of sulfonamides is 1. The van der Waals surface area contributed by atoms with Crippen LogP contribution >= 0.6 is 0 Å². The van der Waals surface area contributed by atoms with Gasteiger partial charge in [-0.3, -0.25) is 9.48 Å². The summed E-state index contributed by atoms with van der Waals surface area (Å²) >= 11 is 0. The first-order valence-electron chi connectivity index (χ1n) is 9.72. The largest absolute Gasteiger partial charge is 0.379 e. The molecule has 1 aliphatic carbocycles. The number of carbonyl (C=O) groups excluding carboxylic acids is 1. The Bertz CT molecular complexity index is 784. The van der Waals surface area contributed by atoms with Crippen molar-refractivity contribution in [3.05, 3.63) is 11.4 Å². The van der Waals surface area contributed by atoms with Crippen LogP contribution in [-0.2, 0) is 26.1 Å². The highest BCUT2D eigenvalue weighted by atomic mass is 32.2. The van der Waals surface area contributed by atoms with Crippen molar-refractivity contribution in [3.8, 4) is 0 Å². The number of rotatable bonds is 5. The van der Waals surface area contributed by atoms with E-state index in [1.165, 1.54) is 15.4 Å². The first-order chi connectivity index (χ1) is 12.8. The Balaban J connectivity index is 1.74. The van der Waals surface area contributed by atoms with Crippen LogP contribution in [0.4, 0.5) is 0 Å². The predicted molar refractivity (Wildman–Crippen MR) is 101 cm³/mol. The molecule has 0 radical (unpaired) electrons. The molecule has 1 aromatic heterocycles. The van der Waals surface area contributed by atoms with Crippen molar-refractivity contribution in [2.45, 2.75) is 63.9 Å². The van der Waals surface area contributed by atoms with Crippen molar-refractivity contribution in [1.29, 1.82) is 0 Å². The Hall–Kier alpha value is -1.45. The average molecular weight is 399 g/mol. The summed E-state index contributed by atoms with van der Waals surface area (Å²) in [7, 11) is -3.64. The zero-order chi connectivity index (χ0) is 19.6. The summed E-state index contributed by atoms with van der Waals surface area (Å²) in [5.74, 6) is 0.357.